The summed E-state index contributed by atoms with van der Waals surface area (Å²) in [6, 6.07) is 4.58. The normalized spacial score (nSPS) is 13.5. The highest BCUT2D eigenvalue weighted by Gasteiger charge is 2.22. The molecule has 0 bridgehead atoms. The molecular formula is C18H28N5O2P. The van der Waals surface area contributed by atoms with E-state index in [1.54, 1.807) is 0 Å². The van der Waals surface area contributed by atoms with Crippen molar-refractivity contribution < 1.29 is 9.59 Å². The molecule has 0 aliphatic carbocycles. The molecule has 7 N–H and O–H groups in total. The van der Waals surface area contributed by atoms with Gasteiger partial charge in [0.2, 0.25) is 11.8 Å². The van der Waals surface area contributed by atoms with Crippen LogP contribution in [0.1, 0.15) is 30.4 Å². The molecule has 1 heterocycles. The molecule has 0 saturated heterocycles. The highest BCUT2D eigenvalue weighted by atomic mass is 31.0. The van der Waals surface area contributed by atoms with Gasteiger partial charge < -0.3 is 26.9 Å². The van der Waals surface area contributed by atoms with Crippen molar-refractivity contribution in [3.8, 4) is 0 Å². The third-order valence-corrected chi connectivity index (χ3v) is 4.80. The fraction of sp³-hybridized carbons (Fsp3) is 0.444. The van der Waals surface area contributed by atoms with Crippen LogP contribution in [0.2, 0.25) is 0 Å². The number of fused-ring (bicyclic) bond motifs is 1. The van der Waals surface area contributed by atoms with Crippen molar-refractivity contribution in [1.29, 1.82) is 0 Å². The summed E-state index contributed by atoms with van der Waals surface area (Å²) in [4.78, 5) is 27.2. The molecule has 3 unspecified atom stereocenters. The number of H-pyrrole nitrogens is 1. The number of carbonyl (C=O) groups is 2. The van der Waals surface area contributed by atoms with Crippen LogP contribution in [-0.2, 0) is 16.0 Å². The maximum atomic E-state index is 12.4. The van der Waals surface area contributed by atoms with E-state index in [4.69, 9.17) is 11.5 Å². The Morgan fingerprint density at radius 1 is 1.31 bits per heavy atom. The number of amides is 2. The molecule has 0 radical (unpaired) electrons. The number of primary amides is 1. The van der Waals surface area contributed by atoms with Crippen molar-refractivity contribution >= 4 is 32.1 Å². The quantitative estimate of drug-likeness (QED) is 0.311. The fourth-order valence-electron chi connectivity index (χ4n) is 3.00. The zero-order chi connectivity index (χ0) is 19.1. The monoisotopic (exact) mass is 377 g/mol. The number of aromatic amines is 1. The summed E-state index contributed by atoms with van der Waals surface area (Å²) >= 11 is 0. The lowest BCUT2D eigenvalue weighted by atomic mass is 10.0. The second kappa shape index (κ2) is 9.67. The third-order valence-electron chi connectivity index (χ3n) is 4.51. The summed E-state index contributed by atoms with van der Waals surface area (Å²) in [5, 5.41) is 6.71. The molecule has 26 heavy (non-hydrogen) atoms. The molecule has 2 rings (SSSR count). The summed E-state index contributed by atoms with van der Waals surface area (Å²) in [5.74, 6) is -0.896. The van der Waals surface area contributed by atoms with Crippen molar-refractivity contribution in [1.82, 2.24) is 15.4 Å². The summed E-state index contributed by atoms with van der Waals surface area (Å²) in [7, 11) is 2.43. The first-order chi connectivity index (χ1) is 12.4. The van der Waals surface area contributed by atoms with Crippen LogP contribution in [0.4, 0.5) is 0 Å². The number of carbonyl (C=O) groups excluding carboxylic acids is 2. The van der Waals surface area contributed by atoms with Crippen LogP contribution < -0.4 is 21.9 Å². The number of benzene rings is 1. The molecule has 1 aromatic heterocycles. The van der Waals surface area contributed by atoms with Crippen molar-refractivity contribution in [2.24, 2.45) is 11.5 Å². The molecule has 2 amide bonds. The number of rotatable bonds is 10. The lowest BCUT2D eigenvalue weighted by Gasteiger charge is -2.18. The summed E-state index contributed by atoms with van der Waals surface area (Å²) in [5.41, 5.74) is 14.6. The average Bonchev–Trinajstić information content (AvgIpc) is 3.01. The lowest BCUT2D eigenvalue weighted by Crippen LogP contribution is -2.51. The van der Waals surface area contributed by atoms with Gasteiger partial charge in [-0.1, -0.05) is 27.6 Å². The van der Waals surface area contributed by atoms with E-state index in [2.05, 4.69) is 24.8 Å². The topological polar surface area (TPSA) is 126 Å². The average molecular weight is 377 g/mol. The number of nitrogens with two attached hydrogens (primary N) is 2. The Morgan fingerprint density at radius 2 is 2.08 bits per heavy atom. The zero-order valence-electron chi connectivity index (χ0n) is 15.0. The van der Waals surface area contributed by atoms with E-state index >= 15 is 0 Å². The second-order valence-electron chi connectivity index (χ2n) is 6.54. The molecule has 7 nitrogen and oxygen atoms in total. The van der Waals surface area contributed by atoms with Gasteiger partial charge in [-0.3, -0.25) is 9.59 Å². The minimum absolute atomic E-state index is 0.361. The number of aryl methyl sites for hydroxylation is 1. The highest BCUT2D eigenvalue weighted by molar-refractivity contribution is 7.13. The first-order valence-corrected chi connectivity index (χ1v) is 9.36. The predicted octanol–water partition coefficient (Wildman–Crippen LogP) is 0.866. The van der Waals surface area contributed by atoms with Gasteiger partial charge in [-0.15, -0.1) is 0 Å². The lowest BCUT2D eigenvalue weighted by molar-refractivity contribution is -0.128. The number of para-hydroxylation sites is 1. The SMILES string of the molecule is Cc1cccc2c(CC(N)C(=O)NC(CCCCNP)C(N)=O)c[nH]c12. The van der Waals surface area contributed by atoms with Gasteiger partial charge in [0, 0.05) is 17.1 Å². The van der Waals surface area contributed by atoms with Crippen LogP contribution >= 0.6 is 9.39 Å². The Balaban J connectivity index is 1.96. The van der Waals surface area contributed by atoms with Crippen LogP contribution in [0.5, 0.6) is 0 Å². The van der Waals surface area contributed by atoms with Crippen LogP contribution in [0.25, 0.3) is 10.9 Å². The van der Waals surface area contributed by atoms with E-state index in [0.29, 0.717) is 12.8 Å². The van der Waals surface area contributed by atoms with Gasteiger partial charge in [0.1, 0.15) is 6.04 Å². The summed E-state index contributed by atoms with van der Waals surface area (Å²) in [6.45, 7) is 2.85. The molecule has 1 aromatic carbocycles. The Morgan fingerprint density at radius 3 is 2.77 bits per heavy atom. The van der Waals surface area contributed by atoms with Crippen molar-refractivity contribution in [2.75, 3.05) is 6.54 Å². The molecule has 0 spiro atoms. The Labute approximate surface area is 155 Å². The molecule has 2 aromatic rings. The van der Waals surface area contributed by atoms with Crippen molar-refractivity contribution in [2.45, 2.75) is 44.7 Å². The highest BCUT2D eigenvalue weighted by Crippen LogP contribution is 2.22. The van der Waals surface area contributed by atoms with E-state index in [9.17, 15) is 9.59 Å². The van der Waals surface area contributed by atoms with Gasteiger partial charge in [-0.05, 0) is 50.3 Å². The molecule has 3 atom stereocenters. The van der Waals surface area contributed by atoms with Crippen LogP contribution in [0, 0.1) is 6.92 Å². The van der Waals surface area contributed by atoms with Gasteiger partial charge >= 0.3 is 0 Å². The summed E-state index contributed by atoms with van der Waals surface area (Å²) < 4.78 is 0. The standard InChI is InChI=1S/C18H28N5O2P/c1-11-5-4-6-13-12(10-21-16(11)13)9-14(19)18(25)23-15(17(20)24)7-2-3-8-22-26/h4-6,10,14-15,21-22H,2-3,7-9,19,26H2,1H3,(H2,20,24)(H,23,25). The molecule has 0 aliphatic rings. The Hall–Kier alpha value is -1.95. The fourth-order valence-corrected chi connectivity index (χ4v) is 3.21. The van der Waals surface area contributed by atoms with Crippen LogP contribution in [0.15, 0.2) is 24.4 Å². The number of hydrogen-bond acceptors (Lipinski definition) is 4. The molecular weight excluding hydrogens is 349 g/mol. The molecule has 0 saturated carbocycles. The number of aromatic nitrogens is 1. The van der Waals surface area contributed by atoms with E-state index in [1.807, 2.05) is 31.3 Å². The first-order valence-electron chi connectivity index (χ1n) is 8.78. The third kappa shape index (κ3) is 5.27. The number of hydrogen-bond donors (Lipinski definition) is 5. The number of nitrogens with one attached hydrogen (secondary N) is 3. The van der Waals surface area contributed by atoms with Crippen LogP contribution in [0.3, 0.4) is 0 Å². The predicted molar refractivity (Wildman–Crippen MR) is 107 cm³/mol. The summed E-state index contributed by atoms with van der Waals surface area (Å²) in [6.07, 6.45) is 4.45. The minimum Gasteiger partial charge on any atom is -0.368 e. The molecule has 0 aliphatic heterocycles. The van der Waals surface area contributed by atoms with Crippen molar-refractivity contribution in [3.05, 3.63) is 35.5 Å². The van der Waals surface area contributed by atoms with Crippen LogP contribution in [-0.4, -0.2) is 35.4 Å². The van der Waals surface area contributed by atoms with Gasteiger partial charge in [-0.25, -0.2) is 0 Å². The van der Waals surface area contributed by atoms with E-state index in [1.165, 1.54) is 0 Å². The Bertz CT molecular complexity index is 761. The minimum atomic E-state index is -0.745. The van der Waals surface area contributed by atoms with Gasteiger partial charge in [0.15, 0.2) is 0 Å². The largest absolute Gasteiger partial charge is 0.368 e. The van der Waals surface area contributed by atoms with Crippen molar-refractivity contribution in [3.63, 3.8) is 0 Å². The molecule has 8 heteroatoms. The first kappa shape index (κ1) is 20.4. The van der Waals surface area contributed by atoms with E-state index < -0.39 is 18.0 Å². The van der Waals surface area contributed by atoms with E-state index in [0.717, 1.165) is 41.4 Å². The van der Waals surface area contributed by atoms with Gasteiger partial charge in [0.25, 0.3) is 0 Å². The van der Waals surface area contributed by atoms with Gasteiger partial charge in [-0.2, -0.15) is 0 Å². The maximum Gasteiger partial charge on any atom is 0.240 e. The molecule has 142 valence electrons. The smallest absolute Gasteiger partial charge is 0.240 e. The molecule has 0 fully saturated rings. The van der Waals surface area contributed by atoms with E-state index in [-0.39, 0.29) is 5.91 Å². The zero-order valence-corrected chi connectivity index (χ0v) is 16.2. The number of unbranched alkanes of at least 4 members (excludes halogenated alkanes) is 1. The Kier molecular flexibility index (Phi) is 7.57. The second-order valence-corrected chi connectivity index (χ2v) is 6.94. The maximum absolute atomic E-state index is 12.4. The van der Waals surface area contributed by atoms with Gasteiger partial charge in [0.05, 0.1) is 6.04 Å².